The summed E-state index contributed by atoms with van der Waals surface area (Å²) in [6.07, 6.45) is 8.82. The fourth-order valence-electron chi connectivity index (χ4n) is 2.52. The van der Waals surface area contributed by atoms with Crippen molar-refractivity contribution in [2.24, 2.45) is 5.92 Å². The molecule has 1 heterocycles. The van der Waals surface area contributed by atoms with Gasteiger partial charge in [0.15, 0.2) is 0 Å². The van der Waals surface area contributed by atoms with Crippen molar-refractivity contribution in [1.29, 1.82) is 0 Å². The third-order valence-corrected chi connectivity index (χ3v) is 4.13. The number of nitrogens with one attached hydrogen (secondary N) is 1. The zero-order chi connectivity index (χ0) is 13.7. The van der Waals surface area contributed by atoms with Crippen molar-refractivity contribution in [1.82, 2.24) is 9.78 Å². The molecule has 0 aliphatic heterocycles. The summed E-state index contributed by atoms with van der Waals surface area (Å²) in [6.45, 7) is 3.61. The monoisotopic (exact) mass is 283 g/mol. The highest BCUT2D eigenvalue weighted by Crippen LogP contribution is 2.25. The summed E-state index contributed by atoms with van der Waals surface area (Å²) in [5, 5.41) is 7.72. The summed E-state index contributed by atoms with van der Waals surface area (Å²) in [5.74, 6) is 0.707. The third-order valence-electron chi connectivity index (χ3n) is 3.76. The Hall–Kier alpha value is -1.03. The fraction of sp³-hybridized carbons (Fsp3) is 0.714. The van der Waals surface area contributed by atoms with Crippen molar-refractivity contribution >= 4 is 17.3 Å². The van der Waals surface area contributed by atoms with Crippen molar-refractivity contribution in [3.8, 4) is 0 Å². The quantitative estimate of drug-likeness (QED) is 0.871. The van der Waals surface area contributed by atoms with E-state index >= 15 is 0 Å². The predicted octanol–water partition coefficient (Wildman–Crippen LogP) is 3.30. The molecule has 1 aliphatic rings. The SMILES string of the molecule is CCCCn1ncc(NCC2CCCC2)c(Cl)c1=O. The van der Waals surface area contributed by atoms with Gasteiger partial charge in [0, 0.05) is 13.1 Å². The average molecular weight is 284 g/mol. The van der Waals surface area contributed by atoms with E-state index in [0.717, 1.165) is 19.4 Å². The molecule has 4 nitrogen and oxygen atoms in total. The maximum Gasteiger partial charge on any atom is 0.287 e. The normalized spacial score (nSPS) is 15.9. The highest BCUT2D eigenvalue weighted by Gasteiger charge is 2.16. The molecule has 1 aliphatic carbocycles. The molecule has 5 heteroatoms. The second-order valence-electron chi connectivity index (χ2n) is 5.29. The van der Waals surface area contributed by atoms with Gasteiger partial charge in [0.2, 0.25) is 0 Å². The standard InChI is InChI=1S/C14H22ClN3O/c1-2-3-8-18-14(19)13(15)12(10-17-18)16-9-11-6-4-5-7-11/h10-11,16H,2-9H2,1H3. The van der Waals surface area contributed by atoms with E-state index in [0.29, 0.717) is 18.2 Å². The Balaban J connectivity index is 2.01. The summed E-state index contributed by atoms with van der Waals surface area (Å²) in [7, 11) is 0. The molecule has 2 rings (SSSR count). The molecule has 0 amide bonds. The van der Waals surface area contributed by atoms with E-state index in [-0.39, 0.29) is 10.6 Å². The van der Waals surface area contributed by atoms with E-state index in [9.17, 15) is 4.79 Å². The van der Waals surface area contributed by atoms with E-state index in [1.165, 1.54) is 30.4 Å². The van der Waals surface area contributed by atoms with E-state index < -0.39 is 0 Å². The van der Waals surface area contributed by atoms with Crippen LogP contribution in [0.3, 0.4) is 0 Å². The zero-order valence-corrected chi connectivity index (χ0v) is 12.2. The second-order valence-corrected chi connectivity index (χ2v) is 5.66. The molecule has 0 spiro atoms. The van der Waals surface area contributed by atoms with Crippen LogP contribution in [0.4, 0.5) is 5.69 Å². The molecule has 1 saturated carbocycles. The molecule has 0 atom stereocenters. The molecule has 0 saturated heterocycles. The third kappa shape index (κ3) is 3.72. The first-order valence-corrected chi connectivity index (χ1v) is 7.59. The minimum atomic E-state index is -0.188. The van der Waals surface area contributed by atoms with Gasteiger partial charge in [0.05, 0.1) is 11.9 Å². The maximum absolute atomic E-state index is 12.0. The lowest BCUT2D eigenvalue weighted by Gasteiger charge is -2.13. The van der Waals surface area contributed by atoms with Gasteiger partial charge < -0.3 is 5.32 Å². The smallest absolute Gasteiger partial charge is 0.287 e. The van der Waals surface area contributed by atoms with Crippen LogP contribution >= 0.6 is 11.6 Å². The summed E-state index contributed by atoms with van der Waals surface area (Å²) >= 11 is 6.13. The summed E-state index contributed by atoms with van der Waals surface area (Å²) in [5.41, 5.74) is 0.484. The summed E-state index contributed by atoms with van der Waals surface area (Å²) in [6, 6.07) is 0. The number of rotatable bonds is 6. The van der Waals surface area contributed by atoms with Crippen LogP contribution in [0.2, 0.25) is 5.02 Å². The topological polar surface area (TPSA) is 46.9 Å². The Labute approximate surface area is 119 Å². The molecular weight excluding hydrogens is 262 g/mol. The molecule has 1 aromatic heterocycles. The lowest BCUT2D eigenvalue weighted by atomic mass is 10.1. The average Bonchev–Trinajstić information content (AvgIpc) is 2.92. The minimum absolute atomic E-state index is 0.188. The first-order chi connectivity index (χ1) is 9.22. The molecule has 1 aromatic rings. The van der Waals surface area contributed by atoms with Crippen LogP contribution in [0.25, 0.3) is 0 Å². The van der Waals surface area contributed by atoms with Gasteiger partial charge in [-0.25, -0.2) is 4.68 Å². The molecule has 0 bridgehead atoms. The van der Waals surface area contributed by atoms with E-state index in [1.807, 2.05) is 0 Å². The molecule has 0 unspecified atom stereocenters. The minimum Gasteiger partial charge on any atom is -0.382 e. The van der Waals surface area contributed by atoms with Crippen LogP contribution in [0.5, 0.6) is 0 Å². The van der Waals surface area contributed by atoms with Gasteiger partial charge in [-0.2, -0.15) is 5.10 Å². The molecule has 1 N–H and O–H groups in total. The Bertz CT molecular complexity index is 466. The van der Waals surface area contributed by atoms with Gasteiger partial charge in [-0.15, -0.1) is 0 Å². The first kappa shape index (κ1) is 14.4. The number of nitrogens with zero attached hydrogens (tertiary/aromatic N) is 2. The molecule has 106 valence electrons. The van der Waals surface area contributed by atoms with Crippen LogP contribution in [0.15, 0.2) is 11.0 Å². The number of aryl methyl sites for hydroxylation is 1. The molecule has 0 aromatic carbocycles. The van der Waals surface area contributed by atoms with Gasteiger partial charge in [-0.1, -0.05) is 37.8 Å². The van der Waals surface area contributed by atoms with Crippen LogP contribution in [-0.2, 0) is 6.54 Å². The lowest BCUT2D eigenvalue weighted by Crippen LogP contribution is -2.25. The Morgan fingerprint density at radius 2 is 2.21 bits per heavy atom. The van der Waals surface area contributed by atoms with Crippen molar-refractivity contribution < 1.29 is 0 Å². The maximum atomic E-state index is 12.0. The van der Waals surface area contributed by atoms with Crippen molar-refractivity contribution in [3.05, 3.63) is 21.6 Å². The number of anilines is 1. The number of hydrogen-bond donors (Lipinski definition) is 1. The van der Waals surface area contributed by atoms with E-state index in [1.54, 1.807) is 6.20 Å². The predicted molar refractivity (Wildman–Crippen MR) is 78.9 cm³/mol. The molecular formula is C14H22ClN3O. The van der Waals surface area contributed by atoms with Crippen molar-refractivity contribution in [2.45, 2.75) is 52.0 Å². The van der Waals surface area contributed by atoms with Crippen LogP contribution in [-0.4, -0.2) is 16.3 Å². The summed E-state index contributed by atoms with van der Waals surface area (Å²) < 4.78 is 1.45. The van der Waals surface area contributed by atoms with Crippen LogP contribution in [0.1, 0.15) is 45.4 Å². The van der Waals surface area contributed by atoms with Crippen molar-refractivity contribution in [3.63, 3.8) is 0 Å². The van der Waals surface area contributed by atoms with Gasteiger partial charge in [-0.3, -0.25) is 4.79 Å². The van der Waals surface area contributed by atoms with Gasteiger partial charge >= 0.3 is 0 Å². The van der Waals surface area contributed by atoms with Crippen LogP contribution in [0, 0.1) is 5.92 Å². The Morgan fingerprint density at radius 3 is 2.89 bits per heavy atom. The summed E-state index contributed by atoms with van der Waals surface area (Å²) in [4.78, 5) is 12.0. The molecule has 19 heavy (non-hydrogen) atoms. The largest absolute Gasteiger partial charge is 0.382 e. The lowest BCUT2D eigenvalue weighted by molar-refractivity contribution is 0.542. The molecule has 0 radical (unpaired) electrons. The van der Waals surface area contributed by atoms with Gasteiger partial charge in [0.1, 0.15) is 5.02 Å². The number of unbranched alkanes of at least 4 members (excludes halogenated alkanes) is 1. The number of aromatic nitrogens is 2. The van der Waals surface area contributed by atoms with Crippen LogP contribution < -0.4 is 10.9 Å². The second kappa shape index (κ2) is 6.94. The van der Waals surface area contributed by atoms with Gasteiger partial charge in [-0.05, 0) is 25.2 Å². The zero-order valence-electron chi connectivity index (χ0n) is 11.5. The molecule has 1 fully saturated rings. The highest BCUT2D eigenvalue weighted by atomic mass is 35.5. The number of hydrogen-bond acceptors (Lipinski definition) is 3. The number of halogens is 1. The fourth-order valence-corrected chi connectivity index (χ4v) is 2.74. The first-order valence-electron chi connectivity index (χ1n) is 7.22. The Kier molecular flexibility index (Phi) is 5.25. The van der Waals surface area contributed by atoms with E-state index in [2.05, 4.69) is 17.3 Å². The van der Waals surface area contributed by atoms with Crippen molar-refractivity contribution in [2.75, 3.05) is 11.9 Å². The Morgan fingerprint density at radius 1 is 1.47 bits per heavy atom. The highest BCUT2D eigenvalue weighted by molar-refractivity contribution is 6.32. The van der Waals surface area contributed by atoms with E-state index in [4.69, 9.17) is 11.6 Å². The van der Waals surface area contributed by atoms with Gasteiger partial charge in [0.25, 0.3) is 5.56 Å².